The van der Waals surface area contributed by atoms with Crippen molar-refractivity contribution >= 4 is 75.3 Å². The number of methoxy groups -OCH3 is 2. The molecule has 0 bridgehead atoms. The largest absolute Gasteiger partial charge is 0.493 e. The van der Waals surface area contributed by atoms with Gasteiger partial charge < -0.3 is 20.1 Å². The number of hydrogen-bond donors (Lipinski definition) is 2. The summed E-state index contributed by atoms with van der Waals surface area (Å²) in [7, 11) is 2.82. The second kappa shape index (κ2) is 11.1. The van der Waals surface area contributed by atoms with Crippen molar-refractivity contribution in [2.45, 2.75) is 19.9 Å². The second-order valence-corrected chi connectivity index (χ2v) is 8.86. The quantitative estimate of drug-likeness (QED) is 0.293. The number of nitrogens with zero attached hydrogens (tertiary/aromatic N) is 1. The Kier molecular flexibility index (Phi) is 8.48. The topological polar surface area (TPSA) is 72.0 Å². The monoisotopic (exact) mass is 525 g/mol. The van der Waals surface area contributed by atoms with Gasteiger partial charge in [0.1, 0.15) is 15.1 Å². The van der Waals surface area contributed by atoms with Crippen LogP contribution in [0.3, 0.4) is 0 Å². The van der Waals surface area contributed by atoms with E-state index in [1.54, 1.807) is 18.5 Å². The van der Waals surface area contributed by atoms with Gasteiger partial charge >= 0.3 is 0 Å². The van der Waals surface area contributed by atoms with E-state index in [0.717, 1.165) is 10.6 Å². The molecule has 6 nitrogen and oxygen atoms in total. The van der Waals surface area contributed by atoms with Gasteiger partial charge in [-0.05, 0) is 26.0 Å². The summed E-state index contributed by atoms with van der Waals surface area (Å²) in [4.78, 5) is 18.6. The van der Waals surface area contributed by atoms with E-state index in [2.05, 4.69) is 15.6 Å². The smallest absolute Gasteiger partial charge is 0.258 e. The van der Waals surface area contributed by atoms with Gasteiger partial charge in [0.15, 0.2) is 11.5 Å². The lowest BCUT2D eigenvalue weighted by Crippen LogP contribution is -2.13. The molecule has 2 N–H and O–H groups in total. The van der Waals surface area contributed by atoms with Crippen LogP contribution in [0.5, 0.6) is 11.5 Å². The molecule has 33 heavy (non-hydrogen) atoms. The Bertz CT molecular complexity index is 1150. The van der Waals surface area contributed by atoms with Crippen LogP contribution in [0.1, 0.15) is 35.1 Å². The molecule has 10 heteroatoms. The number of aliphatic imine (C=N–C) groups is 1. The fourth-order valence-electron chi connectivity index (χ4n) is 3.22. The number of benzene rings is 2. The van der Waals surface area contributed by atoms with Crippen molar-refractivity contribution in [1.29, 1.82) is 0 Å². The zero-order valence-electron chi connectivity index (χ0n) is 18.3. The molecule has 0 fully saturated rings. The first kappa shape index (κ1) is 25.2. The highest BCUT2D eigenvalue weighted by atomic mass is 35.5. The van der Waals surface area contributed by atoms with E-state index in [9.17, 15) is 4.79 Å². The summed E-state index contributed by atoms with van der Waals surface area (Å²) in [5.41, 5.74) is 2.05. The minimum absolute atomic E-state index is 0.0664. The molecule has 0 radical (unpaired) electrons. The summed E-state index contributed by atoms with van der Waals surface area (Å²) in [6.07, 6.45) is 1.64. The van der Waals surface area contributed by atoms with Crippen molar-refractivity contribution in [3.8, 4) is 11.5 Å². The molecule has 2 aromatic carbocycles. The molecular formula is C23H22Cl3N3O3S. The SMILES string of the molecule is CC=Nc1c(C(=O)Nc2c(Cl)c(OC)c(Cl)c(OC)c2Cl)csc1C(C)Nc1ccccc1. The molecule has 3 aromatic rings. The Morgan fingerprint density at radius 1 is 1.06 bits per heavy atom. The van der Waals surface area contributed by atoms with Crippen LogP contribution < -0.4 is 20.1 Å². The summed E-state index contributed by atoms with van der Waals surface area (Å²) >= 11 is 20.5. The van der Waals surface area contributed by atoms with Crippen LogP contribution in [0.25, 0.3) is 0 Å². The molecule has 1 aromatic heterocycles. The standard InChI is InChI=1S/C23H22Cl3N3O3S/c1-5-27-18-14(11-33-22(18)12(2)28-13-9-7-6-8-10-13)23(30)29-19-15(24)20(31-3)17(26)21(32-4)16(19)25/h5-12,28H,1-4H3,(H,29,30). The van der Waals surface area contributed by atoms with E-state index in [1.807, 2.05) is 37.3 Å². The molecule has 1 unspecified atom stereocenters. The molecule has 0 aliphatic carbocycles. The van der Waals surface area contributed by atoms with Gasteiger partial charge in [0.2, 0.25) is 0 Å². The van der Waals surface area contributed by atoms with Gasteiger partial charge in [-0.2, -0.15) is 0 Å². The maximum Gasteiger partial charge on any atom is 0.258 e. The van der Waals surface area contributed by atoms with Crippen molar-refractivity contribution in [3.63, 3.8) is 0 Å². The van der Waals surface area contributed by atoms with Crippen molar-refractivity contribution in [2.24, 2.45) is 4.99 Å². The number of ether oxygens (including phenoxy) is 2. The summed E-state index contributed by atoms with van der Waals surface area (Å²) < 4.78 is 10.5. The third-order valence-corrected chi connectivity index (χ3v) is 6.95. The van der Waals surface area contributed by atoms with Gasteiger partial charge in [0.25, 0.3) is 5.91 Å². The maximum absolute atomic E-state index is 13.3. The molecule has 1 heterocycles. The molecule has 1 amide bonds. The molecule has 0 spiro atoms. The number of hydrogen-bond acceptors (Lipinski definition) is 6. The van der Waals surface area contributed by atoms with Gasteiger partial charge in [0, 0.05) is 17.3 Å². The summed E-state index contributed by atoms with van der Waals surface area (Å²) in [5.74, 6) is -0.137. The Labute approximate surface area is 211 Å². The first-order chi connectivity index (χ1) is 15.8. The number of nitrogens with one attached hydrogen (secondary N) is 2. The summed E-state index contributed by atoms with van der Waals surface area (Å²) in [6, 6.07) is 9.73. The maximum atomic E-state index is 13.3. The van der Waals surface area contributed by atoms with Gasteiger partial charge in [-0.3, -0.25) is 9.79 Å². The van der Waals surface area contributed by atoms with Crippen molar-refractivity contribution in [2.75, 3.05) is 24.9 Å². The second-order valence-electron chi connectivity index (χ2n) is 6.82. The first-order valence-corrected chi connectivity index (χ1v) is 11.9. The number of rotatable bonds is 8. The summed E-state index contributed by atoms with van der Waals surface area (Å²) in [6.45, 7) is 3.80. The third-order valence-electron chi connectivity index (χ3n) is 4.73. The molecule has 0 saturated heterocycles. The Hall–Kier alpha value is -2.45. The van der Waals surface area contributed by atoms with Crippen LogP contribution in [-0.2, 0) is 0 Å². The average Bonchev–Trinajstić information content (AvgIpc) is 3.22. The highest BCUT2D eigenvalue weighted by Gasteiger charge is 2.27. The fraction of sp³-hybridized carbons (Fsp3) is 0.217. The van der Waals surface area contributed by atoms with Crippen LogP contribution in [0.2, 0.25) is 15.1 Å². The van der Waals surface area contributed by atoms with E-state index in [-0.39, 0.29) is 38.3 Å². The number of thiophene rings is 1. The highest BCUT2D eigenvalue weighted by molar-refractivity contribution is 7.11. The normalized spacial score (nSPS) is 12.0. The highest BCUT2D eigenvalue weighted by Crippen LogP contribution is 2.50. The predicted molar refractivity (Wildman–Crippen MR) is 139 cm³/mol. The Morgan fingerprint density at radius 3 is 2.21 bits per heavy atom. The molecule has 0 saturated carbocycles. The Balaban J connectivity index is 1.97. The zero-order valence-corrected chi connectivity index (χ0v) is 21.4. The molecule has 3 rings (SSSR count). The third kappa shape index (κ3) is 5.22. The lowest BCUT2D eigenvalue weighted by Gasteiger charge is -2.17. The number of halogens is 3. The molecular weight excluding hydrogens is 505 g/mol. The van der Waals surface area contributed by atoms with Crippen LogP contribution >= 0.6 is 46.1 Å². The van der Waals surface area contributed by atoms with Gasteiger partial charge in [-0.1, -0.05) is 53.0 Å². The van der Waals surface area contributed by atoms with Gasteiger partial charge in [0.05, 0.1) is 42.1 Å². The van der Waals surface area contributed by atoms with Crippen LogP contribution in [-0.4, -0.2) is 26.3 Å². The first-order valence-electron chi connectivity index (χ1n) is 9.85. The number of para-hydroxylation sites is 1. The van der Waals surface area contributed by atoms with E-state index >= 15 is 0 Å². The Morgan fingerprint density at radius 2 is 1.67 bits per heavy atom. The minimum atomic E-state index is -0.430. The van der Waals surface area contributed by atoms with E-state index in [0.29, 0.717) is 11.3 Å². The fourth-order valence-corrected chi connectivity index (χ4v) is 5.33. The van der Waals surface area contributed by atoms with E-state index in [1.165, 1.54) is 25.6 Å². The average molecular weight is 527 g/mol. The van der Waals surface area contributed by atoms with Crippen LogP contribution in [0, 0.1) is 0 Å². The van der Waals surface area contributed by atoms with Gasteiger partial charge in [-0.25, -0.2) is 0 Å². The number of carbonyl (C=O) groups excluding carboxylic acids is 1. The molecule has 174 valence electrons. The van der Waals surface area contributed by atoms with Crippen molar-refractivity contribution < 1.29 is 14.3 Å². The number of anilines is 2. The molecule has 0 aliphatic rings. The predicted octanol–water partition coefficient (Wildman–Crippen LogP) is 7.87. The van der Waals surface area contributed by atoms with Crippen molar-refractivity contribution in [1.82, 2.24) is 0 Å². The van der Waals surface area contributed by atoms with Crippen LogP contribution in [0.4, 0.5) is 17.1 Å². The molecule has 0 aliphatic heterocycles. The number of amides is 1. The number of carbonyl (C=O) groups is 1. The lowest BCUT2D eigenvalue weighted by molar-refractivity contribution is 0.102. The van der Waals surface area contributed by atoms with E-state index < -0.39 is 5.91 Å². The van der Waals surface area contributed by atoms with Crippen LogP contribution in [0.15, 0.2) is 40.7 Å². The lowest BCUT2D eigenvalue weighted by atomic mass is 10.1. The minimum Gasteiger partial charge on any atom is -0.493 e. The molecule has 1 atom stereocenters. The van der Waals surface area contributed by atoms with E-state index in [4.69, 9.17) is 44.3 Å². The summed E-state index contributed by atoms with van der Waals surface area (Å²) in [5, 5.41) is 8.19. The van der Waals surface area contributed by atoms with Crippen molar-refractivity contribution in [3.05, 3.63) is 61.2 Å². The van der Waals surface area contributed by atoms with Gasteiger partial charge in [-0.15, -0.1) is 11.3 Å². The zero-order chi connectivity index (χ0) is 24.1.